The van der Waals surface area contributed by atoms with Crippen LogP contribution in [0.1, 0.15) is 18.0 Å². The zero-order valence-electron chi connectivity index (χ0n) is 13.0. The molecule has 3 N–H and O–H groups in total. The van der Waals surface area contributed by atoms with Crippen molar-refractivity contribution in [2.45, 2.75) is 12.5 Å². The number of nitrogens with zero attached hydrogens (tertiary/aromatic N) is 1. The highest BCUT2D eigenvalue weighted by Gasteiger charge is 2.27. The second kappa shape index (κ2) is 6.04. The summed E-state index contributed by atoms with van der Waals surface area (Å²) in [4.78, 5) is 12.3. The number of nitrogens with one attached hydrogen (secondary N) is 3. The Bertz CT molecular complexity index is 957. The molecule has 4 rings (SSSR count). The molecule has 2 aromatic carbocycles. The number of H-pyrrole nitrogens is 1. The fraction of sp³-hybridized carbons (Fsp3) is 0.176. The van der Waals surface area contributed by atoms with Crippen molar-refractivity contribution in [2.75, 3.05) is 11.9 Å². The van der Waals surface area contributed by atoms with E-state index >= 15 is 0 Å². The number of fused-ring (bicyclic) bond motifs is 2. The molecule has 0 fully saturated rings. The van der Waals surface area contributed by atoms with Crippen molar-refractivity contribution in [2.24, 2.45) is 0 Å². The van der Waals surface area contributed by atoms with Gasteiger partial charge in [-0.3, -0.25) is 5.10 Å². The number of halogens is 2. The van der Waals surface area contributed by atoms with Crippen molar-refractivity contribution >= 4 is 22.6 Å². The Labute approximate surface area is 141 Å². The van der Waals surface area contributed by atoms with Gasteiger partial charge in [-0.2, -0.15) is 9.49 Å². The lowest BCUT2D eigenvalue weighted by Crippen LogP contribution is -2.35. The molecule has 0 radical (unpaired) electrons. The monoisotopic (exact) mass is 344 g/mol. The maximum absolute atomic E-state index is 13.8. The first-order valence-electron chi connectivity index (χ1n) is 7.74. The number of carbonyl (C=O) groups is 1. The smallest absolute Gasteiger partial charge is 0.319 e. The van der Waals surface area contributed by atoms with Gasteiger partial charge in [-0.1, -0.05) is 12.1 Å². The van der Waals surface area contributed by atoms with Gasteiger partial charge in [-0.05, 0) is 18.2 Å². The molecular weight excluding hydrogens is 330 g/mol. The zero-order valence-corrected chi connectivity index (χ0v) is 13.0. The Morgan fingerprint density at radius 1 is 1.28 bits per heavy atom. The van der Waals surface area contributed by atoms with Crippen molar-refractivity contribution in [3.63, 3.8) is 0 Å². The molecule has 0 spiro atoms. The number of urea groups is 1. The topological polar surface area (TPSA) is 79.0 Å². The maximum atomic E-state index is 13.8. The second-order valence-electron chi connectivity index (χ2n) is 5.70. The summed E-state index contributed by atoms with van der Waals surface area (Å²) in [5.41, 5.74) is 1.81. The zero-order chi connectivity index (χ0) is 17.4. The number of aromatic nitrogens is 2. The van der Waals surface area contributed by atoms with Gasteiger partial charge in [0.05, 0.1) is 30.0 Å². The van der Waals surface area contributed by atoms with Gasteiger partial charge in [-0.15, -0.1) is 0 Å². The Morgan fingerprint density at radius 3 is 3.04 bits per heavy atom. The maximum Gasteiger partial charge on any atom is 0.319 e. The van der Waals surface area contributed by atoms with E-state index in [-0.39, 0.29) is 12.4 Å². The van der Waals surface area contributed by atoms with Crippen LogP contribution in [-0.4, -0.2) is 22.8 Å². The highest BCUT2D eigenvalue weighted by molar-refractivity contribution is 6.00. The summed E-state index contributed by atoms with van der Waals surface area (Å²) in [6.45, 7) is 0.190. The molecular formula is C17H14F2N4O2. The SMILES string of the molecule is O=C(Nc1cccc2[nH]ncc12)NC1CCOc2c1ccc(F)c2F. The van der Waals surface area contributed by atoms with Gasteiger partial charge < -0.3 is 15.4 Å². The van der Waals surface area contributed by atoms with E-state index in [1.54, 1.807) is 18.3 Å². The van der Waals surface area contributed by atoms with Crippen LogP contribution >= 0.6 is 0 Å². The molecule has 1 aliphatic rings. The van der Waals surface area contributed by atoms with Crippen molar-refractivity contribution in [1.29, 1.82) is 0 Å². The number of hydrogen-bond acceptors (Lipinski definition) is 3. The molecule has 8 heteroatoms. The molecule has 6 nitrogen and oxygen atoms in total. The van der Waals surface area contributed by atoms with Gasteiger partial charge in [0.1, 0.15) is 0 Å². The van der Waals surface area contributed by atoms with E-state index in [4.69, 9.17) is 4.74 Å². The van der Waals surface area contributed by atoms with Crippen molar-refractivity contribution in [3.05, 3.63) is 53.7 Å². The van der Waals surface area contributed by atoms with Gasteiger partial charge in [-0.25, -0.2) is 9.18 Å². The predicted octanol–water partition coefficient (Wildman–Crippen LogP) is 3.49. The molecule has 0 bridgehead atoms. The number of aromatic amines is 1. The number of ether oxygens (including phenoxy) is 1. The normalized spacial score (nSPS) is 16.2. The third-order valence-electron chi connectivity index (χ3n) is 4.15. The van der Waals surface area contributed by atoms with Crippen molar-refractivity contribution in [3.8, 4) is 5.75 Å². The number of anilines is 1. The first-order valence-corrected chi connectivity index (χ1v) is 7.74. The van der Waals surface area contributed by atoms with E-state index in [0.717, 1.165) is 17.0 Å². The van der Waals surface area contributed by atoms with Gasteiger partial charge in [0.15, 0.2) is 11.6 Å². The van der Waals surface area contributed by atoms with E-state index in [9.17, 15) is 13.6 Å². The van der Waals surface area contributed by atoms with Crippen LogP contribution in [0.2, 0.25) is 0 Å². The number of benzene rings is 2. The molecule has 128 valence electrons. The molecule has 2 heterocycles. The number of rotatable bonds is 2. The molecule has 3 aromatic rings. The van der Waals surface area contributed by atoms with Crippen molar-refractivity contribution < 1.29 is 18.3 Å². The van der Waals surface area contributed by atoms with E-state index in [1.807, 2.05) is 6.07 Å². The van der Waals surface area contributed by atoms with Crippen LogP contribution in [0.3, 0.4) is 0 Å². The van der Waals surface area contributed by atoms with E-state index in [1.165, 1.54) is 6.07 Å². The molecule has 1 aromatic heterocycles. The van der Waals surface area contributed by atoms with Crippen LogP contribution in [0.25, 0.3) is 10.9 Å². The summed E-state index contributed by atoms with van der Waals surface area (Å²) in [5.74, 6) is -2.16. The summed E-state index contributed by atoms with van der Waals surface area (Å²) in [6.07, 6.45) is 2.08. The summed E-state index contributed by atoms with van der Waals surface area (Å²) in [7, 11) is 0. The fourth-order valence-corrected chi connectivity index (χ4v) is 2.95. The number of amides is 2. The molecule has 0 aliphatic carbocycles. The molecule has 1 unspecified atom stereocenters. The Kier molecular flexibility index (Phi) is 3.72. The number of hydrogen-bond donors (Lipinski definition) is 3. The minimum Gasteiger partial charge on any atom is -0.490 e. The van der Waals surface area contributed by atoms with Crippen molar-refractivity contribution in [1.82, 2.24) is 15.5 Å². The van der Waals surface area contributed by atoms with Crippen LogP contribution < -0.4 is 15.4 Å². The minimum absolute atomic E-state index is 0.145. The van der Waals surface area contributed by atoms with Gasteiger partial charge in [0, 0.05) is 17.4 Å². The second-order valence-corrected chi connectivity index (χ2v) is 5.70. The largest absolute Gasteiger partial charge is 0.490 e. The standard InChI is InChI=1S/C17H14F2N4O2/c18-11-5-4-9-13(6-7-25-16(9)15(11)19)22-17(24)21-12-2-1-3-14-10(12)8-20-23-14/h1-5,8,13H,6-7H2,(H,20,23)(H2,21,22,24). The average molecular weight is 344 g/mol. The lowest BCUT2D eigenvalue weighted by atomic mass is 10.0. The van der Waals surface area contributed by atoms with E-state index in [2.05, 4.69) is 20.8 Å². The third kappa shape index (κ3) is 2.75. The molecule has 1 aliphatic heterocycles. The summed E-state index contributed by atoms with van der Waals surface area (Å²) in [6, 6.07) is 6.93. The lowest BCUT2D eigenvalue weighted by Gasteiger charge is -2.27. The van der Waals surface area contributed by atoms with Crippen LogP contribution in [0.4, 0.5) is 19.3 Å². The molecule has 25 heavy (non-hydrogen) atoms. The molecule has 0 saturated heterocycles. The molecule has 1 atom stereocenters. The first kappa shape index (κ1) is 15.4. The van der Waals surface area contributed by atoms with Gasteiger partial charge in [0.25, 0.3) is 0 Å². The van der Waals surface area contributed by atoms with Gasteiger partial charge in [0.2, 0.25) is 5.82 Å². The highest BCUT2D eigenvalue weighted by atomic mass is 19.2. The van der Waals surface area contributed by atoms with Crippen LogP contribution in [0, 0.1) is 11.6 Å². The third-order valence-corrected chi connectivity index (χ3v) is 4.15. The Balaban J connectivity index is 1.55. The fourth-order valence-electron chi connectivity index (χ4n) is 2.95. The van der Waals surface area contributed by atoms with E-state index in [0.29, 0.717) is 17.7 Å². The van der Waals surface area contributed by atoms with Crippen LogP contribution in [0.5, 0.6) is 5.75 Å². The summed E-state index contributed by atoms with van der Waals surface area (Å²) < 4.78 is 32.4. The molecule has 2 amide bonds. The first-order chi connectivity index (χ1) is 12.1. The highest BCUT2D eigenvalue weighted by Crippen LogP contribution is 2.35. The Morgan fingerprint density at radius 2 is 2.16 bits per heavy atom. The van der Waals surface area contributed by atoms with E-state index < -0.39 is 23.7 Å². The summed E-state index contributed by atoms with van der Waals surface area (Å²) in [5, 5.41) is 13.1. The minimum atomic E-state index is -1.03. The number of carbonyl (C=O) groups excluding carboxylic acids is 1. The van der Waals surface area contributed by atoms with Gasteiger partial charge >= 0.3 is 6.03 Å². The average Bonchev–Trinajstić information content (AvgIpc) is 3.08. The quantitative estimate of drug-likeness (QED) is 0.666. The molecule has 0 saturated carbocycles. The predicted molar refractivity (Wildman–Crippen MR) is 87.5 cm³/mol. The van der Waals surface area contributed by atoms with Crippen LogP contribution in [-0.2, 0) is 0 Å². The lowest BCUT2D eigenvalue weighted by molar-refractivity contribution is 0.225. The summed E-state index contributed by atoms with van der Waals surface area (Å²) >= 11 is 0. The van der Waals surface area contributed by atoms with Crippen LogP contribution in [0.15, 0.2) is 36.5 Å². The Hall–Kier alpha value is -3.16.